The van der Waals surface area contributed by atoms with E-state index < -0.39 is 22.5 Å². The Morgan fingerprint density at radius 2 is 1.79 bits per heavy atom. The Kier molecular flexibility index (Phi) is 5.86. The van der Waals surface area contributed by atoms with E-state index >= 15 is 0 Å². The van der Waals surface area contributed by atoms with Crippen molar-refractivity contribution in [3.8, 4) is 11.4 Å². The lowest BCUT2D eigenvalue weighted by Crippen LogP contribution is -2.54. The number of amides is 1. The van der Waals surface area contributed by atoms with Crippen LogP contribution in [0.15, 0.2) is 66.7 Å². The zero-order chi connectivity index (χ0) is 27.3. The van der Waals surface area contributed by atoms with Crippen molar-refractivity contribution in [2.45, 2.75) is 13.0 Å². The van der Waals surface area contributed by atoms with E-state index in [1.807, 2.05) is 36.1 Å². The smallest absolute Gasteiger partial charge is 0.280 e. The van der Waals surface area contributed by atoms with Gasteiger partial charge in [0.2, 0.25) is 5.95 Å². The number of para-hydroxylation sites is 2. The van der Waals surface area contributed by atoms with Crippen molar-refractivity contribution in [3.63, 3.8) is 0 Å². The quantitative estimate of drug-likeness (QED) is 0.249. The number of nitrogens with zero attached hydrogens (tertiary/aromatic N) is 7. The second kappa shape index (κ2) is 9.39. The average Bonchev–Trinajstić information content (AvgIpc) is 3.38. The van der Waals surface area contributed by atoms with Gasteiger partial charge in [-0.25, -0.2) is 18.2 Å². The van der Waals surface area contributed by atoms with Crippen molar-refractivity contribution in [2.24, 2.45) is 0 Å². The fraction of sp³-hybridized carbons (Fsp3) is 0.185. The number of benzene rings is 3. The molecule has 1 saturated heterocycles. The summed E-state index contributed by atoms with van der Waals surface area (Å²) in [5, 5.41) is 21.2. The molecule has 2 aromatic heterocycles. The highest BCUT2D eigenvalue weighted by atomic mass is 19.1. The van der Waals surface area contributed by atoms with Crippen LogP contribution in [0, 0.1) is 21.7 Å². The molecule has 196 valence electrons. The third kappa shape index (κ3) is 4.10. The number of aromatic nitrogens is 4. The summed E-state index contributed by atoms with van der Waals surface area (Å²) in [5.41, 5.74) is 1.14. The number of halogens is 2. The lowest BCUT2D eigenvalue weighted by atomic mass is 10.1. The number of piperazine rings is 1. The first kappa shape index (κ1) is 24.3. The van der Waals surface area contributed by atoms with Crippen molar-refractivity contribution in [1.82, 2.24) is 24.5 Å². The predicted octanol–water partition coefficient (Wildman–Crippen LogP) is 4.48. The van der Waals surface area contributed by atoms with Gasteiger partial charge in [0.05, 0.1) is 21.6 Å². The number of anilines is 1. The fourth-order valence-electron chi connectivity index (χ4n) is 5.03. The first-order valence-corrected chi connectivity index (χ1v) is 12.2. The van der Waals surface area contributed by atoms with E-state index in [1.54, 1.807) is 27.5 Å². The number of hydrogen-bond acceptors (Lipinski definition) is 7. The molecule has 3 aromatic carbocycles. The summed E-state index contributed by atoms with van der Waals surface area (Å²) in [6.45, 7) is 2.76. The molecule has 1 aliphatic heterocycles. The minimum Gasteiger partial charge on any atom is -0.338 e. The molecule has 0 N–H and O–H groups in total. The summed E-state index contributed by atoms with van der Waals surface area (Å²) in [5.74, 6) is -1.46. The summed E-state index contributed by atoms with van der Waals surface area (Å²) < 4.78 is 29.4. The van der Waals surface area contributed by atoms with E-state index in [-0.39, 0.29) is 29.7 Å². The van der Waals surface area contributed by atoms with Crippen LogP contribution in [-0.2, 0) is 0 Å². The molecule has 0 aliphatic carbocycles. The van der Waals surface area contributed by atoms with Crippen LogP contribution in [0.5, 0.6) is 0 Å². The van der Waals surface area contributed by atoms with Crippen LogP contribution in [-0.4, -0.2) is 61.0 Å². The van der Waals surface area contributed by atoms with Crippen LogP contribution in [0.4, 0.5) is 20.4 Å². The standard InChI is InChI=1S/C27H21F2N7O3/c1-16-15-33(12-13-34(16)26(37)18-11-10-17(28)14-21(18)29)27-30-22-8-4-2-6-19(22)24-31-32-25(35(24)27)20-7-3-5-9-23(20)36(38)39/h2-11,14,16H,12-13,15H2,1H3. The van der Waals surface area contributed by atoms with E-state index in [0.29, 0.717) is 41.8 Å². The molecule has 10 nitrogen and oxygen atoms in total. The number of carbonyl (C=O) groups is 1. The maximum Gasteiger partial charge on any atom is 0.280 e. The topological polar surface area (TPSA) is 110 Å². The number of hydrogen-bond donors (Lipinski definition) is 0. The van der Waals surface area contributed by atoms with Gasteiger partial charge in [-0.1, -0.05) is 24.3 Å². The van der Waals surface area contributed by atoms with Crippen molar-refractivity contribution < 1.29 is 18.5 Å². The Labute approximate surface area is 220 Å². The number of rotatable bonds is 4. The minimum absolute atomic E-state index is 0.115. The maximum atomic E-state index is 14.3. The second-order valence-corrected chi connectivity index (χ2v) is 9.30. The molecule has 5 aromatic rings. The highest BCUT2D eigenvalue weighted by Gasteiger charge is 2.32. The van der Waals surface area contributed by atoms with Gasteiger partial charge in [0.25, 0.3) is 11.6 Å². The summed E-state index contributed by atoms with van der Waals surface area (Å²) in [6.07, 6.45) is 0. The Hall–Kier alpha value is -5.00. The minimum atomic E-state index is -0.911. The first-order valence-electron chi connectivity index (χ1n) is 12.2. The van der Waals surface area contributed by atoms with Crippen LogP contribution in [0.2, 0.25) is 0 Å². The van der Waals surface area contributed by atoms with E-state index in [1.165, 1.54) is 6.07 Å². The van der Waals surface area contributed by atoms with Crippen LogP contribution in [0.3, 0.4) is 0 Å². The van der Waals surface area contributed by atoms with Gasteiger partial charge in [-0.3, -0.25) is 14.9 Å². The van der Waals surface area contributed by atoms with E-state index in [9.17, 15) is 23.7 Å². The molecule has 12 heteroatoms. The molecule has 39 heavy (non-hydrogen) atoms. The summed E-state index contributed by atoms with van der Waals surface area (Å²) >= 11 is 0. The Bertz CT molecular complexity index is 1770. The number of nitro groups is 1. The number of carbonyl (C=O) groups excluding carboxylic acids is 1. The van der Waals surface area contributed by atoms with Crippen molar-refractivity contribution in [2.75, 3.05) is 24.5 Å². The van der Waals surface area contributed by atoms with Gasteiger partial charge in [-0.2, -0.15) is 0 Å². The van der Waals surface area contributed by atoms with E-state index in [0.717, 1.165) is 17.5 Å². The molecule has 1 unspecified atom stereocenters. The highest BCUT2D eigenvalue weighted by molar-refractivity contribution is 5.95. The molecule has 0 bridgehead atoms. The molecule has 1 atom stereocenters. The molecule has 6 rings (SSSR count). The predicted molar refractivity (Wildman–Crippen MR) is 139 cm³/mol. The zero-order valence-electron chi connectivity index (χ0n) is 20.7. The largest absolute Gasteiger partial charge is 0.338 e. The van der Waals surface area contributed by atoms with Gasteiger partial charge < -0.3 is 9.80 Å². The summed E-state index contributed by atoms with van der Waals surface area (Å²) in [4.78, 5) is 32.8. The lowest BCUT2D eigenvalue weighted by Gasteiger charge is -2.40. The maximum absolute atomic E-state index is 14.3. The van der Waals surface area contributed by atoms with Gasteiger partial charge in [-0.15, -0.1) is 10.2 Å². The van der Waals surface area contributed by atoms with Gasteiger partial charge in [0, 0.05) is 43.2 Å². The highest BCUT2D eigenvalue weighted by Crippen LogP contribution is 2.33. The monoisotopic (exact) mass is 529 g/mol. The zero-order valence-corrected chi connectivity index (χ0v) is 20.7. The summed E-state index contributed by atoms with van der Waals surface area (Å²) in [7, 11) is 0. The third-order valence-corrected chi connectivity index (χ3v) is 6.90. The van der Waals surface area contributed by atoms with Crippen molar-refractivity contribution in [3.05, 3.63) is 94.0 Å². The second-order valence-electron chi connectivity index (χ2n) is 9.30. The van der Waals surface area contributed by atoms with Crippen LogP contribution < -0.4 is 4.90 Å². The van der Waals surface area contributed by atoms with Gasteiger partial charge >= 0.3 is 0 Å². The molecule has 3 heterocycles. The molecule has 0 radical (unpaired) electrons. The van der Waals surface area contributed by atoms with Crippen LogP contribution in [0.25, 0.3) is 27.9 Å². The number of fused-ring (bicyclic) bond motifs is 3. The summed E-state index contributed by atoms with van der Waals surface area (Å²) in [6, 6.07) is 16.3. The molecule has 1 amide bonds. The van der Waals surface area contributed by atoms with E-state index in [4.69, 9.17) is 4.98 Å². The molecule has 0 spiro atoms. The molecular weight excluding hydrogens is 508 g/mol. The van der Waals surface area contributed by atoms with Gasteiger partial charge in [-0.05, 0) is 37.3 Å². The Morgan fingerprint density at radius 1 is 1.03 bits per heavy atom. The van der Waals surface area contributed by atoms with Crippen LogP contribution >= 0.6 is 0 Å². The average molecular weight is 530 g/mol. The Balaban J connectivity index is 1.43. The van der Waals surface area contributed by atoms with Crippen molar-refractivity contribution >= 4 is 34.1 Å². The van der Waals surface area contributed by atoms with Gasteiger partial charge in [0.15, 0.2) is 11.5 Å². The third-order valence-electron chi connectivity index (χ3n) is 6.90. The van der Waals surface area contributed by atoms with Crippen LogP contribution in [0.1, 0.15) is 17.3 Å². The van der Waals surface area contributed by atoms with Gasteiger partial charge in [0.1, 0.15) is 11.6 Å². The fourth-order valence-corrected chi connectivity index (χ4v) is 5.03. The SMILES string of the molecule is CC1CN(c2nc3ccccc3c3nnc(-c4ccccc4[N+](=O)[O-])n23)CCN1C(=O)c1ccc(F)cc1F. The number of nitro benzene ring substituents is 1. The lowest BCUT2D eigenvalue weighted by molar-refractivity contribution is -0.384. The van der Waals surface area contributed by atoms with E-state index in [2.05, 4.69) is 10.2 Å². The molecule has 0 saturated carbocycles. The molecule has 1 aliphatic rings. The first-order chi connectivity index (χ1) is 18.8. The van der Waals surface area contributed by atoms with Crippen molar-refractivity contribution in [1.29, 1.82) is 0 Å². The normalized spacial score (nSPS) is 15.7. The molecular formula is C27H21F2N7O3. The molecule has 1 fully saturated rings. The Morgan fingerprint density at radius 3 is 2.56 bits per heavy atom.